The van der Waals surface area contributed by atoms with Crippen molar-refractivity contribution >= 4 is 31.6 Å². The minimum absolute atomic E-state index is 0.185. The summed E-state index contributed by atoms with van der Waals surface area (Å²) >= 11 is 0. The molecule has 0 N–H and O–H groups in total. The highest BCUT2D eigenvalue weighted by Crippen LogP contribution is 2.38. The lowest BCUT2D eigenvalue weighted by Crippen LogP contribution is -2.46. The van der Waals surface area contributed by atoms with Crippen LogP contribution in [0.4, 0.5) is 26.3 Å². The number of aromatic nitrogens is 2. The number of nitrogens with zero attached hydrogens (tertiary/aromatic N) is 2. The van der Waals surface area contributed by atoms with Crippen LogP contribution in [-0.2, 0) is 35.6 Å². The molecule has 0 spiro atoms. The van der Waals surface area contributed by atoms with Crippen molar-refractivity contribution in [2.75, 3.05) is 14.2 Å². The number of hydrogen-bond donors (Lipinski definition) is 0. The number of carbonyl (C=O) groups excluding carboxylic acids is 2. The van der Waals surface area contributed by atoms with Crippen LogP contribution in [0.5, 0.6) is 0 Å². The minimum atomic E-state index is -7.06. The molecular formula is C17H14F6N2O8S2. The molecule has 18 heteroatoms. The molecule has 2 aromatic rings. The molecule has 0 amide bonds. The molecule has 1 heterocycles. The molecule has 2 rings (SSSR count). The van der Waals surface area contributed by atoms with E-state index in [0.29, 0.717) is 4.68 Å². The fourth-order valence-corrected chi connectivity index (χ4v) is 6.16. The average molecular weight is 552 g/mol. The predicted octanol–water partition coefficient (Wildman–Crippen LogP) is 2.18. The monoisotopic (exact) mass is 552 g/mol. The Bertz CT molecular complexity index is 1290. The van der Waals surface area contributed by atoms with Gasteiger partial charge in [0.2, 0.25) is 0 Å². The average Bonchev–Trinajstić information content (AvgIpc) is 3.14. The molecule has 0 atom stereocenters. The van der Waals surface area contributed by atoms with Gasteiger partial charge in [-0.2, -0.15) is 31.4 Å². The minimum Gasteiger partial charge on any atom is -0.465 e. The van der Waals surface area contributed by atoms with Crippen molar-refractivity contribution in [3.8, 4) is 5.69 Å². The smallest absolute Gasteiger partial charge is 0.465 e. The number of carbonyl (C=O) groups is 2. The van der Waals surface area contributed by atoms with Crippen LogP contribution in [0.25, 0.3) is 5.69 Å². The number of hydrogen-bond acceptors (Lipinski definition) is 9. The Morgan fingerprint density at radius 2 is 1.34 bits per heavy atom. The van der Waals surface area contributed by atoms with E-state index in [1.54, 1.807) is 0 Å². The quantitative estimate of drug-likeness (QED) is 0.374. The summed E-state index contributed by atoms with van der Waals surface area (Å²) in [5.41, 5.74) is -16.2. The zero-order valence-electron chi connectivity index (χ0n) is 17.4. The molecule has 0 fully saturated rings. The topological polar surface area (TPSA) is 139 Å². The van der Waals surface area contributed by atoms with Crippen LogP contribution in [0.3, 0.4) is 0 Å². The first-order chi connectivity index (χ1) is 15.9. The zero-order chi connectivity index (χ0) is 27.0. The van der Waals surface area contributed by atoms with E-state index >= 15 is 0 Å². The van der Waals surface area contributed by atoms with Crippen molar-refractivity contribution in [1.29, 1.82) is 0 Å². The van der Waals surface area contributed by atoms with Crippen molar-refractivity contribution in [1.82, 2.24) is 9.78 Å². The van der Waals surface area contributed by atoms with Gasteiger partial charge in [0.05, 0.1) is 25.6 Å². The third-order valence-electron chi connectivity index (χ3n) is 4.45. The SMILES string of the molecule is COC(=O)c1nn(-c2ccccc2)c(CC(S(=O)(=O)C(F)(F)F)S(=O)(=O)C(F)(F)F)c1C(=O)OC. The van der Waals surface area contributed by atoms with E-state index in [9.17, 15) is 52.8 Å². The van der Waals surface area contributed by atoms with E-state index < -0.39 is 70.6 Å². The number of rotatable bonds is 7. The number of halogens is 6. The van der Waals surface area contributed by atoms with Crippen LogP contribution in [0.1, 0.15) is 26.5 Å². The number of methoxy groups -OCH3 is 2. The maximum atomic E-state index is 13.2. The molecule has 1 aromatic carbocycles. The molecule has 0 aliphatic carbocycles. The highest BCUT2D eigenvalue weighted by molar-refractivity contribution is 8.09. The van der Waals surface area contributed by atoms with Gasteiger partial charge in [-0.05, 0) is 12.1 Å². The normalized spacial score (nSPS) is 13.1. The molecule has 194 valence electrons. The first-order valence-corrected chi connectivity index (χ1v) is 11.9. The fourth-order valence-electron chi connectivity index (χ4n) is 2.82. The van der Waals surface area contributed by atoms with Gasteiger partial charge in [0.15, 0.2) is 10.3 Å². The van der Waals surface area contributed by atoms with Crippen molar-refractivity contribution in [2.45, 2.75) is 22.0 Å². The second kappa shape index (κ2) is 9.48. The summed E-state index contributed by atoms with van der Waals surface area (Å²) in [7, 11) is -12.6. The second-order valence-corrected chi connectivity index (χ2v) is 11.1. The van der Waals surface area contributed by atoms with Crippen LogP contribution >= 0.6 is 0 Å². The largest absolute Gasteiger partial charge is 0.498 e. The van der Waals surface area contributed by atoms with Gasteiger partial charge in [-0.15, -0.1) is 0 Å². The van der Waals surface area contributed by atoms with Gasteiger partial charge in [-0.25, -0.2) is 31.1 Å². The lowest BCUT2D eigenvalue weighted by molar-refractivity contribution is -0.0471. The van der Waals surface area contributed by atoms with Crippen LogP contribution in [0.15, 0.2) is 30.3 Å². The third-order valence-corrected chi connectivity index (χ3v) is 8.98. The van der Waals surface area contributed by atoms with Gasteiger partial charge in [-0.3, -0.25) is 0 Å². The molecule has 0 saturated carbocycles. The maximum Gasteiger partial charge on any atom is 0.498 e. The highest BCUT2D eigenvalue weighted by atomic mass is 32.3. The summed E-state index contributed by atoms with van der Waals surface area (Å²) in [5, 5.41) is 3.65. The Labute approximate surface area is 193 Å². The van der Waals surface area contributed by atoms with Crippen molar-refractivity contribution in [3.63, 3.8) is 0 Å². The number of benzene rings is 1. The van der Waals surface area contributed by atoms with Crippen LogP contribution in [0.2, 0.25) is 0 Å². The third kappa shape index (κ3) is 5.12. The van der Waals surface area contributed by atoms with Crippen molar-refractivity contribution < 1.29 is 62.2 Å². The standard InChI is InChI=1S/C17H14F6N2O8S2/c1-32-14(26)12-10(25(9-6-4-3-5-7-9)24-13(12)15(27)33-2)8-11(34(28,29)16(18,19)20)35(30,31)17(21,22)23/h3-7,11H,8H2,1-2H3. The van der Waals surface area contributed by atoms with Gasteiger partial charge in [-0.1, -0.05) is 18.2 Å². The molecule has 0 radical (unpaired) electrons. The first kappa shape index (κ1) is 28.1. The zero-order valence-corrected chi connectivity index (χ0v) is 19.0. The summed E-state index contributed by atoms with van der Waals surface area (Å²) in [6, 6.07) is 6.40. The van der Waals surface area contributed by atoms with Crippen molar-refractivity contribution in [2.24, 2.45) is 0 Å². The maximum absolute atomic E-state index is 13.2. The number of para-hydroxylation sites is 1. The second-order valence-electron chi connectivity index (χ2n) is 6.52. The van der Waals surface area contributed by atoms with Gasteiger partial charge in [0.25, 0.3) is 19.7 Å². The predicted molar refractivity (Wildman–Crippen MR) is 104 cm³/mol. The molecule has 0 aliphatic heterocycles. The summed E-state index contributed by atoms with van der Waals surface area (Å²) in [6.45, 7) is 0. The lowest BCUT2D eigenvalue weighted by atomic mass is 10.1. The summed E-state index contributed by atoms with van der Waals surface area (Å²) in [4.78, 5) is 24.5. The molecule has 0 saturated heterocycles. The van der Waals surface area contributed by atoms with Gasteiger partial charge >= 0.3 is 23.0 Å². The molecule has 35 heavy (non-hydrogen) atoms. The first-order valence-electron chi connectivity index (χ1n) is 8.86. The number of sulfone groups is 2. The van der Waals surface area contributed by atoms with E-state index in [1.165, 1.54) is 30.3 Å². The van der Waals surface area contributed by atoms with Gasteiger partial charge in [0, 0.05) is 6.42 Å². The molecule has 1 aromatic heterocycles. The molecule has 0 unspecified atom stereocenters. The molecular weight excluding hydrogens is 538 g/mol. The van der Waals surface area contributed by atoms with Gasteiger partial charge < -0.3 is 9.47 Å². The van der Waals surface area contributed by atoms with Crippen LogP contribution in [0, 0.1) is 0 Å². The van der Waals surface area contributed by atoms with Crippen molar-refractivity contribution in [3.05, 3.63) is 47.3 Å². The Kier molecular flexibility index (Phi) is 7.61. The summed E-state index contributed by atoms with van der Waals surface area (Å²) in [6.07, 6.45) is -2.09. The highest BCUT2D eigenvalue weighted by Gasteiger charge is 2.63. The summed E-state index contributed by atoms with van der Waals surface area (Å²) in [5.74, 6) is -2.95. The fraction of sp³-hybridized carbons (Fsp3) is 0.353. The molecule has 0 bridgehead atoms. The summed E-state index contributed by atoms with van der Waals surface area (Å²) < 4.78 is 132. The Hall–Kier alpha value is -3.15. The van der Waals surface area contributed by atoms with E-state index in [-0.39, 0.29) is 5.69 Å². The van der Waals surface area contributed by atoms with Gasteiger partial charge in [0.1, 0.15) is 5.56 Å². The van der Waals surface area contributed by atoms with Crippen LogP contribution < -0.4 is 0 Å². The Morgan fingerprint density at radius 3 is 1.74 bits per heavy atom. The van der Waals surface area contributed by atoms with Crippen LogP contribution in [-0.4, -0.2) is 68.4 Å². The number of ether oxygens (including phenoxy) is 2. The van der Waals surface area contributed by atoms with E-state index in [4.69, 9.17) is 0 Å². The molecule has 10 nitrogen and oxygen atoms in total. The Morgan fingerprint density at radius 1 is 0.886 bits per heavy atom. The number of alkyl halides is 6. The number of esters is 2. The lowest BCUT2D eigenvalue weighted by Gasteiger charge is -2.21. The Balaban J connectivity index is 3.00. The molecule has 0 aliphatic rings. The van der Waals surface area contributed by atoms with E-state index in [1.807, 2.05) is 0 Å². The van der Waals surface area contributed by atoms with E-state index in [2.05, 4.69) is 14.6 Å². The van der Waals surface area contributed by atoms with E-state index in [0.717, 1.165) is 14.2 Å².